The summed E-state index contributed by atoms with van der Waals surface area (Å²) >= 11 is 10.9. The second-order valence-corrected chi connectivity index (χ2v) is 4.14. The van der Waals surface area contributed by atoms with Crippen LogP contribution in [0.5, 0.6) is 11.5 Å². The SMILES string of the molecule is COc1c(F)cccc1Cl.Oc1c(F)cccc1Cl. The molecule has 0 aliphatic rings. The van der Waals surface area contributed by atoms with Crippen LogP contribution in [0.2, 0.25) is 10.0 Å². The van der Waals surface area contributed by atoms with Crippen molar-refractivity contribution >= 4 is 23.2 Å². The molecule has 2 aromatic rings. The Hall–Kier alpha value is -1.52. The molecule has 0 fully saturated rings. The van der Waals surface area contributed by atoms with Crippen molar-refractivity contribution in [1.82, 2.24) is 0 Å². The van der Waals surface area contributed by atoms with E-state index in [4.69, 9.17) is 28.3 Å². The van der Waals surface area contributed by atoms with Crippen LogP contribution in [0.4, 0.5) is 8.78 Å². The number of phenolic OH excluding ortho intramolecular Hbond substituents is 1. The minimum absolute atomic E-state index is 0.0370. The summed E-state index contributed by atoms with van der Waals surface area (Å²) < 4.78 is 29.6. The van der Waals surface area contributed by atoms with E-state index >= 15 is 0 Å². The third-order valence-electron chi connectivity index (χ3n) is 2.06. The molecule has 0 aromatic heterocycles. The molecule has 2 aromatic carbocycles. The van der Waals surface area contributed by atoms with Crippen LogP contribution in [0.15, 0.2) is 36.4 Å². The molecule has 0 saturated carbocycles. The second kappa shape index (κ2) is 7.16. The van der Waals surface area contributed by atoms with Gasteiger partial charge in [-0.1, -0.05) is 35.3 Å². The Morgan fingerprint density at radius 1 is 0.947 bits per heavy atom. The molecular weight excluding hydrogens is 297 g/mol. The number of para-hydroxylation sites is 2. The number of halogens is 4. The molecule has 2 nitrogen and oxygen atoms in total. The van der Waals surface area contributed by atoms with Gasteiger partial charge in [-0.25, -0.2) is 8.78 Å². The van der Waals surface area contributed by atoms with Gasteiger partial charge in [0.15, 0.2) is 23.1 Å². The predicted octanol–water partition coefficient (Wildman–Crippen LogP) is 4.67. The number of phenols is 1. The Bertz CT molecular complexity index is 522. The molecule has 0 bridgehead atoms. The summed E-state index contributed by atoms with van der Waals surface area (Å²) in [7, 11) is 1.38. The van der Waals surface area contributed by atoms with Crippen LogP contribution in [0.1, 0.15) is 0 Å². The van der Waals surface area contributed by atoms with E-state index in [0.717, 1.165) is 6.07 Å². The van der Waals surface area contributed by atoms with E-state index in [1.54, 1.807) is 6.07 Å². The molecule has 102 valence electrons. The summed E-state index contributed by atoms with van der Waals surface area (Å²) in [6.07, 6.45) is 0. The minimum atomic E-state index is -0.692. The van der Waals surface area contributed by atoms with E-state index in [0.29, 0.717) is 5.02 Å². The Kier molecular flexibility index (Phi) is 5.86. The van der Waals surface area contributed by atoms with Crippen molar-refractivity contribution < 1.29 is 18.6 Å². The van der Waals surface area contributed by atoms with E-state index in [-0.39, 0.29) is 10.8 Å². The van der Waals surface area contributed by atoms with Crippen molar-refractivity contribution in [1.29, 1.82) is 0 Å². The zero-order valence-electron chi connectivity index (χ0n) is 9.83. The first-order valence-corrected chi connectivity index (χ1v) is 5.84. The third-order valence-corrected chi connectivity index (χ3v) is 2.66. The fraction of sp³-hybridized carbons (Fsp3) is 0.0769. The zero-order valence-corrected chi connectivity index (χ0v) is 11.3. The lowest BCUT2D eigenvalue weighted by molar-refractivity contribution is 0.387. The highest BCUT2D eigenvalue weighted by atomic mass is 35.5. The summed E-state index contributed by atoms with van der Waals surface area (Å²) in [6, 6.07) is 8.38. The van der Waals surface area contributed by atoms with Crippen LogP contribution >= 0.6 is 23.2 Å². The lowest BCUT2D eigenvalue weighted by Crippen LogP contribution is -1.87. The van der Waals surface area contributed by atoms with Crippen LogP contribution in [-0.4, -0.2) is 12.2 Å². The Morgan fingerprint density at radius 3 is 1.84 bits per heavy atom. The van der Waals surface area contributed by atoms with Gasteiger partial charge >= 0.3 is 0 Å². The molecule has 0 spiro atoms. The summed E-state index contributed by atoms with van der Waals surface area (Å²) in [5.74, 6) is -1.51. The predicted molar refractivity (Wildman–Crippen MR) is 71.0 cm³/mol. The maximum Gasteiger partial charge on any atom is 0.173 e. The number of rotatable bonds is 1. The maximum absolute atomic E-state index is 12.6. The molecule has 0 atom stereocenters. The van der Waals surface area contributed by atoms with Gasteiger partial charge in [0.2, 0.25) is 0 Å². The molecule has 19 heavy (non-hydrogen) atoms. The number of hydrogen-bond acceptors (Lipinski definition) is 2. The van der Waals surface area contributed by atoms with Gasteiger partial charge in [-0.15, -0.1) is 0 Å². The van der Waals surface area contributed by atoms with Crippen molar-refractivity contribution in [2.75, 3.05) is 7.11 Å². The van der Waals surface area contributed by atoms with Crippen LogP contribution in [0, 0.1) is 11.6 Å². The van der Waals surface area contributed by atoms with Crippen molar-refractivity contribution in [3.63, 3.8) is 0 Å². The van der Waals surface area contributed by atoms with Gasteiger partial charge in [-0.3, -0.25) is 0 Å². The largest absolute Gasteiger partial charge is 0.504 e. The molecule has 0 aliphatic heterocycles. The van der Waals surface area contributed by atoms with E-state index < -0.39 is 17.4 Å². The molecule has 1 N–H and O–H groups in total. The van der Waals surface area contributed by atoms with Gasteiger partial charge < -0.3 is 9.84 Å². The average Bonchev–Trinajstić information content (AvgIpc) is 2.37. The van der Waals surface area contributed by atoms with E-state index in [1.807, 2.05) is 0 Å². The van der Waals surface area contributed by atoms with Gasteiger partial charge in [0.05, 0.1) is 17.2 Å². The summed E-state index contributed by atoms with van der Waals surface area (Å²) in [6.45, 7) is 0. The monoisotopic (exact) mass is 306 g/mol. The Morgan fingerprint density at radius 2 is 1.47 bits per heavy atom. The lowest BCUT2D eigenvalue weighted by atomic mass is 10.3. The molecule has 0 amide bonds. The molecule has 0 radical (unpaired) electrons. The Balaban J connectivity index is 0.000000191. The number of benzene rings is 2. The molecule has 2 rings (SSSR count). The van der Waals surface area contributed by atoms with E-state index in [9.17, 15) is 8.78 Å². The quantitative estimate of drug-likeness (QED) is 0.829. The molecule has 6 heteroatoms. The smallest absolute Gasteiger partial charge is 0.173 e. The molecular formula is C13H10Cl2F2O2. The highest BCUT2D eigenvalue weighted by Crippen LogP contribution is 2.26. The zero-order chi connectivity index (χ0) is 14.4. The Labute approximate surface area is 119 Å². The number of hydrogen-bond donors (Lipinski definition) is 1. The maximum atomic E-state index is 12.6. The lowest BCUT2D eigenvalue weighted by Gasteiger charge is -2.01. The van der Waals surface area contributed by atoms with E-state index in [1.165, 1.54) is 31.4 Å². The number of aromatic hydroxyl groups is 1. The molecule has 0 aliphatic carbocycles. The molecule has 0 unspecified atom stereocenters. The van der Waals surface area contributed by atoms with Gasteiger partial charge in [-0.2, -0.15) is 0 Å². The van der Waals surface area contributed by atoms with Crippen LogP contribution in [0.25, 0.3) is 0 Å². The number of methoxy groups -OCH3 is 1. The minimum Gasteiger partial charge on any atom is -0.504 e. The van der Waals surface area contributed by atoms with Gasteiger partial charge in [0, 0.05) is 0 Å². The van der Waals surface area contributed by atoms with Crippen molar-refractivity contribution in [2.45, 2.75) is 0 Å². The van der Waals surface area contributed by atoms with E-state index in [2.05, 4.69) is 4.74 Å². The van der Waals surface area contributed by atoms with Crippen LogP contribution < -0.4 is 4.74 Å². The summed E-state index contributed by atoms with van der Waals surface area (Å²) in [5, 5.41) is 9.03. The topological polar surface area (TPSA) is 29.5 Å². The average molecular weight is 307 g/mol. The van der Waals surface area contributed by atoms with Gasteiger partial charge in [0.1, 0.15) is 0 Å². The summed E-state index contributed by atoms with van der Waals surface area (Å²) in [4.78, 5) is 0. The van der Waals surface area contributed by atoms with Gasteiger partial charge in [0.25, 0.3) is 0 Å². The van der Waals surface area contributed by atoms with Crippen molar-refractivity contribution in [3.05, 3.63) is 58.1 Å². The molecule has 0 heterocycles. The fourth-order valence-corrected chi connectivity index (χ4v) is 1.57. The van der Waals surface area contributed by atoms with Gasteiger partial charge in [-0.05, 0) is 24.3 Å². The highest BCUT2D eigenvalue weighted by molar-refractivity contribution is 6.32. The highest BCUT2D eigenvalue weighted by Gasteiger charge is 2.04. The van der Waals surface area contributed by atoms with Crippen LogP contribution in [0.3, 0.4) is 0 Å². The summed E-state index contributed by atoms with van der Waals surface area (Å²) in [5.41, 5.74) is 0. The first-order valence-electron chi connectivity index (χ1n) is 5.08. The standard InChI is InChI=1S/C7H6ClFO.C6H4ClFO/c1-10-7-5(8)3-2-4-6(7)9;7-4-2-1-3-5(8)6(4)9/h2-4H,1H3;1-3,9H. The first-order chi connectivity index (χ1) is 8.97. The molecule has 0 saturated heterocycles. The number of ether oxygens (including phenoxy) is 1. The van der Waals surface area contributed by atoms with Crippen molar-refractivity contribution in [3.8, 4) is 11.5 Å². The van der Waals surface area contributed by atoms with Crippen LogP contribution in [-0.2, 0) is 0 Å². The fourth-order valence-electron chi connectivity index (χ4n) is 1.17. The van der Waals surface area contributed by atoms with Crippen molar-refractivity contribution in [2.24, 2.45) is 0 Å². The third kappa shape index (κ3) is 4.26. The normalized spacial score (nSPS) is 9.53. The first kappa shape index (κ1) is 15.5. The second-order valence-electron chi connectivity index (χ2n) is 3.33.